The van der Waals surface area contributed by atoms with Crippen LogP contribution in [0.5, 0.6) is 11.5 Å². The minimum absolute atomic E-state index is 0.0400. The molecule has 256 valence electrons. The fraction of sp³-hybridized carbons (Fsp3) is 0.344. The molecule has 2 N–H and O–H groups in total. The Bertz CT molecular complexity index is 1760. The van der Waals surface area contributed by atoms with E-state index in [1.165, 1.54) is 54.5 Å². The van der Waals surface area contributed by atoms with E-state index in [9.17, 15) is 41.0 Å². The van der Waals surface area contributed by atoms with E-state index in [4.69, 9.17) is 21.2 Å². The molecule has 0 saturated heterocycles. The lowest BCUT2D eigenvalue weighted by atomic mass is 9.99. The Morgan fingerprint density at radius 2 is 1.65 bits per heavy atom. The third-order valence-electron chi connectivity index (χ3n) is 7.97. The zero-order valence-electron chi connectivity index (χ0n) is 25.5. The highest BCUT2D eigenvalue weighted by Gasteiger charge is 2.54. The number of carbonyl (C=O) groups is 2. The molecule has 1 amide bonds. The van der Waals surface area contributed by atoms with Gasteiger partial charge in [-0.05, 0) is 68.1 Å². The van der Waals surface area contributed by atoms with Crippen molar-refractivity contribution in [3.8, 4) is 11.5 Å². The van der Waals surface area contributed by atoms with Gasteiger partial charge in [0.2, 0.25) is 5.60 Å². The topological polar surface area (TPSA) is 110 Å². The molecule has 5 rings (SSSR count). The maximum Gasteiger partial charge on any atom is 0.573 e. The van der Waals surface area contributed by atoms with Crippen molar-refractivity contribution in [1.29, 1.82) is 0 Å². The molecule has 1 saturated carbocycles. The lowest BCUT2D eigenvalue weighted by Gasteiger charge is -2.27. The van der Waals surface area contributed by atoms with Gasteiger partial charge in [-0.25, -0.2) is 4.79 Å². The number of methoxy groups -OCH3 is 1. The van der Waals surface area contributed by atoms with E-state index in [1.807, 2.05) is 0 Å². The van der Waals surface area contributed by atoms with Gasteiger partial charge in [-0.15, -0.1) is 13.2 Å². The highest BCUT2D eigenvalue weighted by Crippen LogP contribution is 2.57. The maximum absolute atomic E-state index is 14.4. The number of nitrogens with one attached hydrogen (secondary N) is 1. The van der Waals surface area contributed by atoms with Gasteiger partial charge in [0.05, 0.1) is 12.8 Å². The molecular weight excluding hydrogens is 672 g/mol. The average Bonchev–Trinajstić information content (AvgIpc) is 3.70. The number of ether oxygens (including phenoxy) is 2. The number of rotatable bonds is 10. The van der Waals surface area contributed by atoms with E-state index in [0.29, 0.717) is 29.0 Å². The van der Waals surface area contributed by atoms with Gasteiger partial charge in [0.1, 0.15) is 17.5 Å². The van der Waals surface area contributed by atoms with Crippen LogP contribution in [0.4, 0.5) is 37.7 Å². The second kappa shape index (κ2) is 12.4. The monoisotopic (exact) mass is 699 g/mol. The van der Waals surface area contributed by atoms with Gasteiger partial charge in [0.25, 0.3) is 5.91 Å². The van der Waals surface area contributed by atoms with E-state index in [-0.39, 0.29) is 23.7 Å². The van der Waals surface area contributed by atoms with Crippen molar-refractivity contribution < 1.29 is 55.3 Å². The minimum Gasteiger partial charge on any atom is -0.497 e. The number of hydrogen-bond acceptors (Lipinski definition) is 7. The molecule has 3 aromatic rings. The molecule has 2 aliphatic rings. The number of amides is 1. The average molecular weight is 700 g/mol. The summed E-state index contributed by atoms with van der Waals surface area (Å²) in [5.41, 5.74) is -3.50. The van der Waals surface area contributed by atoms with Crippen molar-refractivity contribution in [3.05, 3.63) is 82.4 Å². The molecule has 1 aliphatic carbocycles. The Morgan fingerprint density at radius 1 is 0.979 bits per heavy atom. The third kappa shape index (κ3) is 7.40. The number of aliphatic carboxylic acids is 1. The number of nitrogens with zero attached hydrogens (tertiary/aromatic N) is 2. The standard InChI is InChI=1S/C32H28ClF6N3O6/c1-29(2,28(44)45)48-41-26(31(34,35)36)18-12-20(14-22(13-18)46-3)40-25(17-4-6-19(33)7-5-17)27(43)42-16-30(10-11-30)23-9-8-21(15-24(23)42)47-32(37,38)39/h4-9,12-15,25,40H,10-11,16H2,1-3H3,(H,44,45). The molecule has 16 heteroatoms. The first-order chi connectivity index (χ1) is 22.3. The van der Waals surface area contributed by atoms with Crippen LogP contribution < -0.4 is 19.7 Å². The Morgan fingerprint density at radius 3 is 2.21 bits per heavy atom. The quantitative estimate of drug-likeness (QED) is 0.127. The Labute approximate surface area is 275 Å². The van der Waals surface area contributed by atoms with Crippen molar-refractivity contribution in [2.75, 3.05) is 23.9 Å². The first kappa shape index (κ1) is 34.7. The molecule has 1 spiro atoms. The zero-order chi connectivity index (χ0) is 35.2. The normalized spacial score (nSPS) is 16.3. The highest BCUT2D eigenvalue weighted by molar-refractivity contribution is 6.30. The molecule has 0 radical (unpaired) electrons. The molecule has 1 aliphatic heterocycles. The Balaban J connectivity index is 1.56. The smallest absolute Gasteiger partial charge is 0.497 e. The number of alkyl halides is 6. The van der Waals surface area contributed by atoms with Crippen LogP contribution in [0, 0.1) is 0 Å². The molecule has 1 unspecified atom stereocenters. The second-order valence-corrected chi connectivity index (χ2v) is 12.3. The molecule has 3 aromatic carbocycles. The van der Waals surface area contributed by atoms with Crippen LogP contribution in [-0.4, -0.2) is 54.5 Å². The molecule has 0 aromatic heterocycles. The summed E-state index contributed by atoms with van der Waals surface area (Å²) in [6.07, 6.45) is -8.69. The molecule has 48 heavy (non-hydrogen) atoms. The van der Waals surface area contributed by atoms with Crippen LogP contribution in [0.1, 0.15) is 49.4 Å². The number of carboxylic acid groups (broad SMARTS) is 1. The summed E-state index contributed by atoms with van der Waals surface area (Å²) in [6.45, 7) is 2.20. The predicted molar refractivity (Wildman–Crippen MR) is 163 cm³/mol. The summed E-state index contributed by atoms with van der Waals surface area (Å²) < 4.78 is 91.2. The third-order valence-corrected chi connectivity index (χ3v) is 8.22. The first-order valence-electron chi connectivity index (χ1n) is 14.3. The summed E-state index contributed by atoms with van der Waals surface area (Å²) in [5.74, 6) is -2.77. The SMILES string of the molecule is COc1cc(NC(C(=O)N2CC3(CC3)c3ccc(OC(F)(F)F)cc32)c2ccc(Cl)cc2)cc(C(=NOC(C)(C)C(=O)O)C(F)(F)F)c1. The lowest BCUT2D eigenvalue weighted by molar-refractivity contribution is -0.274. The van der Waals surface area contributed by atoms with Crippen LogP contribution in [0.3, 0.4) is 0 Å². The number of carboxylic acids is 1. The summed E-state index contributed by atoms with van der Waals surface area (Å²) in [4.78, 5) is 31.9. The number of anilines is 2. The molecular formula is C32H28ClF6N3O6. The Hall–Kier alpha value is -4.66. The van der Waals surface area contributed by atoms with E-state index < -0.39 is 58.5 Å². The fourth-order valence-corrected chi connectivity index (χ4v) is 5.42. The summed E-state index contributed by atoms with van der Waals surface area (Å²) >= 11 is 6.08. The van der Waals surface area contributed by atoms with Crippen LogP contribution in [0.25, 0.3) is 0 Å². The van der Waals surface area contributed by atoms with Gasteiger partial charge in [0, 0.05) is 40.4 Å². The summed E-state index contributed by atoms with van der Waals surface area (Å²) in [6, 6.07) is 11.9. The Kier molecular flexibility index (Phi) is 8.97. The minimum atomic E-state index is -5.11. The molecule has 0 bridgehead atoms. The second-order valence-electron chi connectivity index (χ2n) is 11.9. The van der Waals surface area contributed by atoms with Crippen molar-refractivity contribution in [1.82, 2.24) is 0 Å². The van der Waals surface area contributed by atoms with E-state index in [2.05, 4.69) is 15.2 Å². The zero-order valence-corrected chi connectivity index (χ0v) is 26.3. The number of hydrogen-bond donors (Lipinski definition) is 2. The van der Waals surface area contributed by atoms with Crippen molar-refractivity contribution in [2.24, 2.45) is 5.16 Å². The van der Waals surface area contributed by atoms with Crippen LogP contribution >= 0.6 is 11.6 Å². The van der Waals surface area contributed by atoms with Crippen LogP contribution in [0.15, 0.2) is 65.8 Å². The number of fused-ring (bicyclic) bond motifs is 2. The maximum atomic E-state index is 14.4. The number of benzene rings is 3. The highest BCUT2D eigenvalue weighted by atomic mass is 35.5. The lowest BCUT2D eigenvalue weighted by Crippen LogP contribution is -2.38. The number of oxime groups is 1. The molecule has 1 fully saturated rings. The van der Waals surface area contributed by atoms with Gasteiger partial charge < -0.3 is 29.6 Å². The van der Waals surface area contributed by atoms with Gasteiger partial charge in [0.15, 0.2) is 5.71 Å². The molecule has 1 heterocycles. The van der Waals surface area contributed by atoms with E-state index >= 15 is 0 Å². The molecule has 9 nitrogen and oxygen atoms in total. The van der Waals surface area contributed by atoms with E-state index in [0.717, 1.165) is 32.0 Å². The fourth-order valence-electron chi connectivity index (χ4n) is 5.30. The van der Waals surface area contributed by atoms with Gasteiger partial charge in [-0.1, -0.05) is 35.0 Å². The van der Waals surface area contributed by atoms with Crippen LogP contribution in [-0.2, 0) is 19.8 Å². The van der Waals surface area contributed by atoms with E-state index in [1.54, 1.807) is 0 Å². The number of halogens is 7. The largest absolute Gasteiger partial charge is 0.573 e. The van der Waals surface area contributed by atoms with Crippen molar-refractivity contribution in [2.45, 2.75) is 56.3 Å². The van der Waals surface area contributed by atoms with Crippen molar-refractivity contribution >= 4 is 40.6 Å². The first-order valence-corrected chi connectivity index (χ1v) is 14.7. The summed E-state index contributed by atoms with van der Waals surface area (Å²) in [7, 11) is 1.20. The molecule has 1 atom stereocenters. The van der Waals surface area contributed by atoms with Gasteiger partial charge in [-0.2, -0.15) is 13.2 Å². The summed E-state index contributed by atoms with van der Waals surface area (Å²) in [5, 5.41) is 15.7. The van der Waals surface area contributed by atoms with Gasteiger partial charge in [-0.3, -0.25) is 4.79 Å². The predicted octanol–water partition coefficient (Wildman–Crippen LogP) is 7.63. The van der Waals surface area contributed by atoms with Crippen molar-refractivity contribution in [3.63, 3.8) is 0 Å². The van der Waals surface area contributed by atoms with Crippen LogP contribution in [0.2, 0.25) is 5.02 Å². The number of carbonyl (C=O) groups excluding carboxylic acids is 1. The van der Waals surface area contributed by atoms with Gasteiger partial charge >= 0.3 is 18.5 Å².